The third kappa shape index (κ3) is 63.7. The molecule has 1 aliphatic rings. The number of aromatic nitrogens is 18. The predicted octanol–water partition coefficient (Wildman–Crippen LogP) is 2.02. The molecule has 626 valence electrons. The number of hydrogen-bond donors (Lipinski definition) is 8. The van der Waals surface area contributed by atoms with E-state index in [0.717, 1.165) is 136 Å². The van der Waals surface area contributed by atoms with Crippen LogP contribution in [0, 0.1) is 98.2 Å². The predicted molar refractivity (Wildman–Crippen MR) is 461 cm³/mol. The Morgan fingerprint density at radius 2 is 1.00 bits per heavy atom. The maximum atomic E-state index is 11.3. The zero-order valence-electron chi connectivity index (χ0n) is 71.0. The summed E-state index contributed by atoms with van der Waals surface area (Å²) in [5, 5.41) is 32.7. The molecule has 1 atom stereocenters. The molecule has 31 nitrogen and oxygen atoms in total. The van der Waals surface area contributed by atoms with E-state index in [2.05, 4.69) is 188 Å². The van der Waals surface area contributed by atoms with Crippen LogP contribution < -0.4 is 154 Å². The van der Waals surface area contributed by atoms with E-state index in [1.807, 2.05) is 69.7 Å². The molecule has 10 heterocycles. The van der Waals surface area contributed by atoms with Crippen molar-refractivity contribution < 1.29 is 215 Å². The van der Waals surface area contributed by atoms with Crippen LogP contribution in [-0.4, -0.2) is 180 Å². The molecule has 114 heavy (non-hydrogen) atoms. The molecule has 4 radical (unpaired) electrons. The molecule has 8 N–H and O–H groups in total. The van der Waals surface area contributed by atoms with Gasteiger partial charge in [0.15, 0.2) is 27.7 Å². The molecular weight excluding hydrogens is 2110 g/mol. The number of thioether (sulfide) groups is 2. The van der Waals surface area contributed by atoms with Crippen molar-refractivity contribution in [2.24, 2.45) is 0 Å². The molecule has 0 aromatic carbocycles. The van der Waals surface area contributed by atoms with Crippen molar-refractivity contribution in [1.82, 2.24) is 87.6 Å². The van der Waals surface area contributed by atoms with Gasteiger partial charge in [0.1, 0.15) is 19.2 Å². The van der Waals surface area contributed by atoms with Crippen LogP contribution >= 0.6 is 139 Å². The minimum Gasteiger partial charge on any atom is -1.00 e. The summed E-state index contributed by atoms with van der Waals surface area (Å²) in [6.45, 7) is 35.0. The van der Waals surface area contributed by atoms with E-state index in [9.17, 15) is 24.0 Å². The van der Waals surface area contributed by atoms with Gasteiger partial charge < -0.3 is 75.8 Å². The van der Waals surface area contributed by atoms with Gasteiger partial charge in [-0.25, -0.2) is 44.1 Å². The zero-order chi connectivity index (χ0) is 83.3. The summed E-state index contributed by atoms with van der Waals surface area (Å²) in [7, 11) is 10.7. The van der Waals surface area contributed by atoms with Crippen molar-refractivity contribution >= 4 is 184 Å². The molecule has 0 aliphatic carbocycles. The van der Waals surface area contributed by atoms with Crippen LogP contribution in [0.15, 0.2) is 80.9 Å². The summed E-state index contributed by atoms with van der Waals surface area (Å²) in [5.74, 6) is 1.94. The number of nitrogens with zero attached hydrogens (tertiary/aromatic N) is 13. The number of rotatable bonds is 17. The molecule has 0 amide bonds. The van der Waals surface area contributed by atoms with E-state index < -0.39 is 9.23 Å². The molecular formula is C65H105B2Cl7IK2N18NaO13S4U. The molecule has 9 aromatic rings. The largest absolute Gasteiger partial charge is 1.00 e. The number of H-pyrrole nitrogens is 5. The SMILES string of the molecule is CCI.CCn1cnc(C=O)c1C.CCn1cnc(CCl)c1C.CCn1cnc(CO)c1C.CCn1cnc(CSc2nc(C)cc(=O)[nH]2)c1C.CCn1cnc(CSc2nc(C)cc(=O)[nH]2)c1C.CO.CO.Cc1[nH]cnc1C=O.Cc1cc(=O)[nH]c(=S)[nH]1.Cl.Cl.ClCCl.O=CO[O-].O=S(Cl)Cl.[2H][B]C1CCCO1.[B].[H-].[H-].[K+].[K+].[Na+].[U]. The Bertz CT molecular complexity index is 3940. The van der Waals surface area contributed by atoms with Gasteiger partial charge in [-0.1, -0.05) is 53.0 Å². The van der Waals surface area contributed by atoms with Crippen LogP contribution in [0.25, 0.3) is 0 Å². The van der Waals surface area contributed by atoms with Crippen LogP contribution in [0.3, 0.4) is 0 Å². The molecule has 1 saturated heterocycles. The maximum Gasteiger partial charge on any atom is 1.00 e. The van der Waals surface area contributed by atoms with Crippen molar-refractivity contribution in [3.05, 3.63) is 177 Å². The Morgan fingerprint density at radius 1 is 0.658 bits per heavy atom. The molecule has 0 spiro atoms. The van der Waals surface area contributed by atoms with Crippen LogP contribution in [-0.2, 0) is 80.4 Å². The fourth-order valence-corrected chi connectivity index (χ4v) is 10.3. The summed E-state index contributed by atoms with van der Waals surface area (Å²) in [4.78, 5) is 111. The number of aldehydes is 2. The van der Waals surface area contributed by atoms with E-state index in [4.69, 9.17) is 70.5 Å². The van der Waals surface area contributed by atoms with Gasteiger partial charge >= 0.3 is 132 Å². The Kier molecular flexibility index (Phi) is 103. The number of aliphatic hydroxyl groups excluding tert-OH is 3. The van der Waals surface area contributed by atoms with Crippen LogP contribution in [0.2, 0.25) is 0 Å². The van der Waals surface area contributed by atoms with Gasteiger partial charge in [0.05, 0.1) is 78.6 Å². The molecule has 1 fully saturated rings. The van der Waals surface area contributed by atoms with Gasteiger partial charge in [0, 0.05) is 201 Å². The third-order valence-corrected chi connectivity index (χ3v) is 15.5. The summed E-state index contributed by atoms with van der Waals surface area (Å²) < 4.78 is 32.7. The number of imidazole rings is 6. The molecule has 0 bridgehead atoms. The second-order valence-electron chi connectivity index (χ2n) is 20.2. The second-order valence-corrected chi connectivity index (χ2v) is 27.7. The zero-order valence-corrected chi connectivity index (χ0v) is 91.3. The first-order valence-electron chi connectivity index (χ1n) is 32.8. The molecule has 0 saturated carbocycles. The first kappa shape index (κ1) is 134. The van der Waals surface area contributed by atoms with Gasteiger partial charge in [0.25, 0.3) is 23.2 Å². The number of halogens is 8. The fraction of sp³-hybridized carbons (Fsp3) is 0.492. The number of carbonyl (C=O) groups excluding carboxylic acids is 3. The quantitative estimate of drug-likeness (QED) is 0.00617. The average Bonchev–Trinajstić information content (AvgIpc) is 1.54. The molecule has 1 aliphatic heterocycles. The second kappa shape index (κ2) is 87.7. The summed E-state index contributed by atoms with van der Waals surface area (Å²) in [6, 6.07) is 4.57. The van der Waals surface area contributed by atoms with Crippen LogP contribution in [0.4, 0.5) is 0 Å². The van der Waals surface area contributed by atoms with Crippen molar-refractivity contribution in [2.75, 3.05) is 30.6 Å². The van der Waals surface area contributed by atoms with Crippen molar-refractivity contribution in [3.8, 4) is 0 Å². The minimum atomic E-state index is -1.67. The third-order valence-electron chi connectivity index (χ3n) is 13.3. The number of alkyl halides is 4. The van der Waals surface area contributed by atoms with Crippen LogP contribution in [0.5, 0.6) is 0 Å². The van der Waals surface area contributed by atoms with E-state index in [-0.39, 0.29) is 241 Å². The standard InChI is InChI=1S/2C12H16N4OS.C7H11ClN2.C7H12N2O.C7H10N2O.C5H6N2OS.C5H6N2O.C4H8BO.C2H5I.CH2Cl2.CH2O3.2CH4O.B.Cl2OS.2ClH.2K.Na.U.2H/c2*1-4-16-7-13-10(9(16)3)6-18-12-14-8(2)5-11(17)15-12;1-3-10-5-9-7(4-8)6(10)2;2*1-3-9-5-8-7(4-10)6(9)2;1-3-2-4(8)7-5(9)6-3;1-4-5(2-8)7-3-6-4;5-4-2-1-3-6-4;1-2-3;2-1-3;2-1-4-3;2*1-2;;1-4(2)3;;;;;;;;/h2*5,7H,4,6H2,1-3H3,(H,14,15,17);5H,3-4H2,1-2H3;5,10H,3-4H2,1-2H3;4-5H,3H2,1-2H3;2H,1H3,(H2,6,7,8,9);2-3H,1H3,(H,6,7);4-5H,1-3H2;2H2,1H3;1H2;1,3H;2*2H,1H3;;;2*1H;;;;;;/q;;;;;;;;;;;;;;;;;3*+1;;2*-1/p-1/i;;;;;;;5D;;;;;;;;;;;;;;;. The first-order chi connectivity index (χ1) is 51.5. The van der Waals surface area contributed by atoms with Crippen molar-refractivity contribution in [1.29, 1.82) is 1.34 Å². The van der Waals surface area contributed by atoms with Crippen molar-refractivity contribution in [2.45, 2.75) is 190 Å². The smallest absolute Gasteiger partial charge is 1.00 e. The van der Waals surface area contributed by atoms with Gasteiger partial charge in [-0.05, 0) is 128 Å². The number of ether oxygens (including phenoxy) is 1. The summed E-state index contributed by atoms with van der Waals surface area (Å²) in [6.07, 6.45) is 14.1. The number of nitrogens with one attached hydrogen (secondary N) is 5. The summed E-state index contributed by atoms with van der Waals surface area (Å²) >= 11 is 25.1. The molecule has 10 rings (SSSR count). The van der Waals surface area contributed by atoms with Gasteiger partial charge in [-0.3, -0.25) is 33.8 Å². The fourth-order valence-electron chi connectivity index (χ4n) is 7.87. The maximum absolute atomic E-state index is 11.3. The van der Waals surface area contributed by atoms with E-state index >= 15 is 0 Å². The van der Waals surface area contributed by atoms with E-state index in [0.29, 0.717) is 43.9 Å². The van der Waals surface area contributed by atoms with Gasteiger partial charge in [-0.2, -0.15) is 0 Å². The Balaban J connectivity index is -0.0000000936. The van der Waals surface area contributed by atoms with Gasteiger partial charge in [0.2, 0.25) is 9.23 Å². The first-order valence-corrected chi connectivity index (χ1v) is 40.5. The number of carbonyl (C=O) groups is 3. The number of aromatic amines is 5. The Labute approximate surface area is 872 Å². The molecule has 9 aromatic heterocycles. The normalized spacial score (nSPS) is 10.3. The van der Waals surface area contributed by atoms with E-state index in [1.54, 1.807) is 26.5 Å². The van der Waals surface area contributed by atoms with E-state index in [1.165, 1.54) is 77.4 Å². The van der Waals surface area contributed by atoms with Crippen molar-refractivity contribution in [3.63, 3.8) is 0 Å². The Morgan fingerprint density at radius 3 is 1.23 bits per heavy atom. The average molecular weight is 2210 g/mol. The topological polar surface area (TPSA) is 428 Å². The number of aliphatic hydroxyl groups is 3. The molecule has 49 heteroatoms. The van der Waals surface area contributed by atoms with Gasteiger partial charge in [-0.15, -0.1) is 59.6 Å². The monoisotopic (exact) mass is 2210 g/mol. The number of hydrogen-bond acceptors (Lipinski definition) is 24. The number of aryl methyl sites for hydroxylation is 9. The Hall–Kier alpha value is -0.205. The summed E-state index contributed by atoms with van der Waals surface area (Å²) in [5.41, 5.74) is 13.1. The van der Waals surface area contributed by atoms with Crippen LogP contribution in [0.1, 0.15) is 152 Å². The minimum absolute atomic E-state index is 0. The molecule has 1 unspecified atom stereocenters.